The van der Waals surface area contributed by atoms with E-state index >= 15 is 0 Å². The number of rotatable bonds is 1. The predicted octanol–water partition coefficient (Wildman–Crippen LogP) is 0.798. The molecular formula is C10H10N2O2. The van der Waals surface area contributed by atoms with Crippen LogP contribution in [-0.2, 0) is 4.79 Å². The lowest BCUT2D eigenvalue weighted by atomic mass is 10.2. The summed E-state index contributed by atoms with van der Waals surface area (Å²) in [5.41, 5.74) is 7.49. The highest BCUT2D eigenvalue weighted by Crippen LogP contribution is 2.07. The minimum absolute atomic E-state index is 0.175. The molecule has 0 saturated carbocycles. The Balaban J connectivity index is 2.85. The number of aromatic nitrogens is 1. The van der Waals surface area contributed by atoms with Gasteiger partial charge in [-0.25, -0.2) is 4.98 Å². The fourth-order valence-corrected chi connectivity index (χ4v) is 0.931. The molecule has 0 fully saturated rings. The van der Waals surface area contributed by atoms with Crippen molar-refractivity contribution >= 4 is 11.7 Å². The van der Waals surface area contributed by atoms with Gasteiger partial charge in [-0.05, 0) is 24.5 Å². The number of nitrogens with two attached hydrogens (primary N) is 1. The lowest BCUT2D eigenvalue weighted by Gasteiger charge is -1.97. The van der Waals surface area contributed by atoms with Crippen LogP contribution < -0.4 is 5.73 Å². The maximum absolute atomic E-state index is 10.2. The van der Waals surface area contributed by atoms with Gasteiger partial charge in [0, 0.05) is 0 Å². The number of hydrogen-bond acceptors (Lipinski definition) is 3. The Labute approximate surface area is 81.8 Å². The molecule has 0 bridgehead atoms. The summed E-state index contributed by atoms with van der Waals surface area (Å²) in [5, 5.41) is 8.36. The molecule has 72 valence electrons. The van der Waals surface area contributed by atoms with E-state index in [0.29, 0.717) is 11.4 Å². The first-order valence-electron chi connectivity index (χ1n) is 4.02. The number of aryl methyl sites for hydroxylation is 1. The third kappa shape index (κ3) is 2.79. The van der Waals surface area contributed by atoms with Gasteiger partial charge in [0.15, 0.2) is 0 Å². The highest BCUT2D eigenvalue weighted by Gasteiger charge is 1.96. The fourth-order valence-electron chi connectivity index (χ4n) is 0.931. The van der Waals surface area contributed by atoms with Crippen molar-refractivity contribution in [2.24, 2.45) is 0 Å². The summed E-state index contributed by atoms with van der Waals surface area (Å²) in [4.78, 5) is 14.2. The Morgan fingerprint density at radius 3 is 3.00 bits per heavy atom. The molecule has 14 heavy (non-hydrogen) atoms. The van der Waals surface area contributed by atoms with Gasteiger partial charge in [0.2, 0.25) is 0 Å². The molecule has 0 radical (unpaired) electrons. The Hall–Kier alpha value is -2.02. The Kier molecular flexibility index (Phi) is 3.08. The number of carboxylic acids is 1. The number of pyridine rings is 1. The summed E-state index contributed by atoms with van der Waals surface area (Å²) >= 11 is 0. The highest BCUT2D eigenvalue weighted by molar-refractivity contribution is 5.70. The number of nitrogens with zero attached hydrogens (tertiary/aromatic N) is 1. The average molecular weight is 190 g/mol. The molecule has 0 aliphatic carbocycles. The van der Waals surface area contributed by atoms with Crippen molar-refractivity contribution in [1.82, 2.24) is 4.98 Å². The van der Waals surface area contributed by atoms with E-state index in [-0.39, 0.29) is 6.42 Å². The fraction of sp³-hybridized carbons (Fsp3) is 0.200. The molecule has 0 saturated heterocycles. The minimum Gasteiger partial charge on any atom is -0.481 e. The van der Waals surface area contributed by atoms with Crippen molar-refractivity contribution in [2.45, 2.75) is 13.3 Å². The van der Waals surface area contributed by atoms with E-state index in [4.69, 9.17) is 10.8 Å². The second-order valence-corrected chi connectivity index (χ2v) is 2.81. The molecule has 3 N–H and O–H groups in total. The largest absolute Gasteiger partial charge is 0.481 e. The van der Waals surface area contributed by atoms with Crippen molar-refractivity contribution in [2.75, 3.05) is 5.73 Å². The number of aliphatic carboxylic acids is 1. The van der Waals surface area contributed by atoms with Crippen LogP contribution in [0, 0.1) is 18.8 Å². The van der Waals surface area contributed by atoms with Gasteiger partial charge >= 0.3 is 5.97 Å². The number of carboxylic acid groups (broad SMARTS) is 1. The second-order valence-electron chi connectivity index (χ2n) is 2.81. The average Bonchev–Trinajstić information content (AvgIpc) is 2.08. The zero-order chi connectivity index (χ0) is 10.6. The molecule has 0 amide bonds. The Morgan fingerprint density at radius 2 is 2.43 bits per heavy atom. The molecular weight excluding hydrogens is 180 g/mol. The van der Waals surface area contributed by atoms with Crippen LogP contribution in [0.4, 0.5) is 5.69 Å². The first-order valence-corrected chi connectivity index (χ1v) is 4.02. The lowest BCUT2D eigenvalue weighted by Crippen LogP contribution is -1.94. The Morgan fingerprint density at radius 1 is 1.71 bits per heavy atom. The van der Waals surface area contributed by atoms with Crippen LogP contribution in [0.1, 0.15) is 17.7 Å². The van der Waals surface area contributed by atoms with Gasteiger partial charge < -0.3 is 10.8 Å². The molecule has 0 atom stereocenters. The van der Waals surface area contributed by atoms with Crippen LogP contribution in [0.5, 0.6) is 0 Å². The van der Waals surface area contributed by atoms with Crippen molar-refractivity contribution in [3.63, 3.8) is 0 Å². The molecule has 1 aromatic rings. The van der Waals surface area contributed by atoms with Gasteiger partial charge in [-0.1, -0.05) is 5.92 Å². The van der Waals surface area contributed by atoms with Gasteiger partial charge in [0.1, 0.15) is 12.1 Å². The van der Waals surface area contributed by atoms with Crippen LogP contribution in [-0.4, -0.2) is 16.1 Å². The quantitative estimate of drug-likeness (QED) is 0.642. The zero-order valence-electron chi connectivity index (χ0n) is 7.74. The van der Waals surface area contributed by atoms with E-state index in [1.165, 1.54) is 6.20 Å². The summed E-state index contributed by atoms with van der Waals surface area (Å²) in [5.74, 6) is 4.24. The van der Waals surface area contributed by atoms with Gasteiger partial charge in [0.05, 0.1) is 11.9 Å². The van der Waals surface area contributed by atoms with Gasteiger partial charge in [0.25, 0.3) is 0 Å². The molecule has 1 rings (SSSR count). The van der Waals surface area contributed by atoms with Gasteiger partial charge in [-0.15, -0.1) is 0 Å². The van der Waals surface area contributed by atoms with E-state index in [2.05, 4.69) is 16.8 Å². The first kappa shape index (κ1) is 10.1. The molecule has 0 aliphatic heterocycles. The van der Waals surface area contributed by atoms with E-state index in [1.807, 2.05) is 6.92 Å². The SMILES string of the molecule is Cc1cc(N)cnc1C#CCC(=O)O. The van der Waals surface area contributed by atoms with Gasteiger partial charge in [-0.2, -0.15) is 0 Å². The number of nitrogen functional groups attached to an aromatic ring is 1. The standard InChI is InChI=1S/C10H10N2O2/c1-7-5-8(11)6-12-9(7)3-2-4-10(13)14/h5-6H,4,11H2,1H3,(H,13,14). The third-order valence-electron chi connectivity index (χ3n) is 1.55. The van der Waals surface area contributed by atoms with Crippen molar-refractivity contribution in [1.29, 1.82) is 0 Å². The van der Waals surface area contributed by atoms with E-state index < -0.39 is 5.97 Å². The molecule has 4 heteroatoms. The first-order chi connectivity index (χ1) is 6.59. The minimum atomic E-state index is -0.939. The number of hydrogen-bond donors (Lipinski definition) is 2. The van der Waals surface area contributed by atoms with Crippen molar-refractivity contribution < 1.29 is 9.90 Å². The summed E-state index contributed by atoms with van der Waals surface area (Å²) in [6.45, 7) is 1.83. The molecule has 1 heterocycles. The summed E-state index contributed by atoms with van der Waals surface area (Å²) in [7, 11) is 0. The molecule has 0 spiro atoms. The summed E-state index contributed by atoms with van der Waals surface area (Å²) in [6.07, 6.45) is 1.32. The number of anilines is 1. The van der Waals surface area contributed by atoms with Crippen LogP contribution in [0.3, 0.4) is 0 Å². The predicted molar refractivity (Wildman–Crippen MR) is 52.5 cm³/mol. The molecule has 0 unspecified atom stereocenters. The van der Waals surface area contributed by atoms with Crippen LogP contribution in [0.2, 0.25) is 0 Å². The molecule has 0 aliphatic rings. The lowest BCUT2D eigenvalue weighted by molar-refractivity contribution is -0.135. The molecule has 0 aromatic carbocycles. The monoisotopic (exact) mass is 190 g/mol. The van der Waals surface area contributed by atoms with Crippen LogP contribution in [0.25, 0.3) is 0 Å². The van der Waals surface area contributed by atoms with Crippen LogP contribution >= 0.6 is 0 Å². The van der Waals surface area contributed by atoms with Crippen LogP contribution in [0.15, 0.2) is 12.3 Å². The van der Waals surface area contributed by atoms with E-state index in [1.54, 1.807) is 6.07 Å². The second kappa shape index (κ2) is 4.28. The maximum Gasteiger partial charge on any atom is 0.315 e. The Bertz CT molecular complexity index is 416. The third-order valence-corrected chi connectivity index (χ3v) is 1.55. The van der Waals surface area contributed by atoms with E-state index in [0.717, 1.165) is 5.56 Å². The normalized spacial score (nSPS) is 8.93. The summed E-state index contributed by atoms with van der Waals surface area (Å²) < 4.78 is 0. The maximum atomic E-state index is 10.2. The highest BCUT2D eigenvalue weighted by atomic mass is 16.4. The van der Waals surface area contributed by atoms with Crippen molar-refractivity contribution in [3.8, 4) is 11.8 Å². The smallest absolute Gasteiger partial charge is 0.315 e. The topological polar surface area (TPSA) is 76.2 Å². The number of carbonyl (C=O) groups is 1. The van der Waals surface area contributed by atoms with Crippen molar-refractivity contribution in [3.05, 3.63) is 23.5 Å². The van der Waals surface area contributed by atoms with Gasteiger partial charge in [-0.3, -0.25) is 4.79 Å². The summed E-state index contributed by atoms with van der Waals surface area (Å²) in [6, 6.07) is 1.75. The molecule has 1 aromatic heterocycles. The van der Waals surface area contributed by atoms with E-state index in [9.17, 15) is 4.79 Å². The zero-order valence-corrected chi connectivity index (χ0v) is 7.74. The molecule has 4 nitrogen and oxygen atoms in total.